The molecule has 2 aromatic carbocycles. The third-order valence-corrected chi connectivity index (χ3v) is 4.67. The highest BCUT2D eigenvalue weighted by atomic mass is 19.4. The average molecular weight is 431 g/mol. The number of methoxy groups -OCH3 is 1. The fourth-order valence-corrected chi connectivity index (χ4v) is 3.09. The number of rotatable bonds is 5. The van der Waals surface area contributed by atoms with E-state index in [1.54, 1.807) is 31.2 Å². The summed E-state index contributed by atoms with van der Waals surface area (Å²) in [6.07, 6.45) is -3.21. The molecule has 3 aromatic rings. The van der Waals surface area contributed by atoms with E-state index in [1.807, 2.05) is 0 Å². The molecule has 0 aliphatic rings. The van der Waals surface area contributed by atoms with Crippen LogP contribution in [-0.4, -0.2) is 17.6 Å². The Labute approximate surface area is 176 Å². The molecule has 0 aliphatic heterocycles. The van der Waals surface area contributed by atoms with Crippen LogP contribution in [0.25, 0.3) is 5.69 Å². The van der Waals surface area contributed by atoms with Crippen molar-refractivity contribution < 1.29 is 22.7 Å². The summed E-state index contributed by atoms with van der Waals surface area (Å²) in [5, 5.41) is 2.64. The standard InChI is InChI=1S/C22H20F3N3O3/c1-13(15-9-16(22(23,24)25)11-17(26)10-15)27-21(30)14-7-8-20(29)28(12-14)18-5-3-4-6-19(18)31-2/h3-13H,26H2,1-2H3,(H,27,30)/t13-/m1/s1. The number of hydrogen-bond acceptors (Lipinski definition) is 4. The van der Waals surface area contributed by atoms with Crippen LogP contribution in [-0.2, 0) is 6.18 Å². The van der Waals surface area contributed by atoms with E-state index in [0.29, 0.717) is 11.4 Å². The lowest BCUT2D eigenvalue weighted by Crippen LogP contribution is -2.29. The number of pyridine rings is 1. The van der Waals surface area contributed by atoms with Crippen LogP contribution >= 0.6 is 0 Å². The second-order valence-corrected chi connectivity index (χ2v) is 6.88. The number of carbonyl (C=O) groups is 1. The zero-order valence-corrected chi connectivity index (χ0v) is 16.7. The van der Waals surface area contributed by atoms with Crippen molar-refractivity contribution in [3.63, 3.8) is 0 Å². The molecule has 6 nitrogen and oxygen atoms in total. The Hall–Kier alpha value is -3.75. The first-order valence-corrected chi connectivity index (χ1v) is 9.25. The number of nitrogens with one attached hydrogen (secondary N) is 1. The molecule has 0 bridgehead atoms. The van der Waals surface area contributed by atoms with E-state index in [4.69, 9.17) is 10.5 Å². The molecule has 31 heavy (non-hydrogen) atoms. The largest absolute Gasteiger partial charge is 0.495 e. The number of hydrogen-bond donors (Lipinski definition) is 2. The van der Waals surface area contributed by atoms with Crippen molar-refractivity contribution in [3.05, 3.63) is 87.8 Å². The topological polar surface area (TPSA) is 86.3 Å². The van der Waals surface area contributed by atoms with Crippen LogP contribution in [0.1, 0.15) is 34.5 Å². The lowest BCUT2D eigenvalue weighted by molar-refractivity contribution is -0.137. The summed E-state index contributed by atoms with van der Waals surface area (Å²) in [7, 11) is 1.46. The van der Waals surface area contributed by atoms with Crippen LogP contribution in [0, 0.1) is 0 Å². The van der Waals surface area contributed by atoms with Gasteiger partial charge in [-0.05, 0) is 48.9 Å². The normalized spacial score (nSPS) is 12.3. The molecule has 162 valence electrons. The van der Waals surface area contributed by atoms with E-state index in [-0.39, 0.29) is 22.4 Å². The Morgan fingerprint density at radius 3 is 2.52 bits per heavy atom. The number of nitrogens with two attached hydrogens (primary N) is 1. The number of amides is 1. The molecule has 0 aliphatic carbocycles. The molecule has 3 rings (SSSR count). The molecule has 0 saturated heterocycles. The third-order valence-electron chi connectivity index (χ3n) is 4.67. The molecule has 0 unspecified atom stereocenters. The molecule has 0 saturated carbocycles. The predicted octanol–water partition coefficient (Wildman–Crippen LogP) is 3.94. The summed E-state index contributed by atoms with van der Waals surface area (Å²) in [5.41, 5.74) is 5.08. The zero-order chi connectivity index (χ0) is 22.8. The molecule has 3 N–H and O–H groups in total. The fraction of sp³-hybridized carbons (Fsp3) is 0.182. The van der Waals surface area contributed by atoms with Gasteiger partial charge in [-0.1, -0.05) is 12.1 Å². The number of aromatic nitrogens is 1. The number of para-hydroxylation sites is 2. The van der Waals surface area contributed by atoms with E-state index in [2.05, 4.69) is 5.32 Å². The van der Waals surface area contributed by atoms with E-state index >= 15 is 0 Å². The molecular formula is C22H20F3N3O3. The van der Waals surface area contributed by atoms with Crippen LogP contribution in [0.3, 0.4) is 0 Å². The highest BCUT2D eigenvalue weighted by Gasteiger charge is 2.31. The van der Waals surface area contributed by atoms with Crippen molar-refractivity contribution in [1.29, 1.82) is 0 Å². The van der Waals surface area contributed by atoms with Crippen LogP contribution < -0.4 is 21.3 Å². The smallest absolute Gasteiger partial charge is 0.416 e. The summed E-state index contributed by atoms with van der Waals surface area (Å²) in [4.78, 5) is 25.1. The van der Waals surface area contributed by atoms with E-state index in [0.717, 1.165) is 12.1 Å². The molecule has 9 heteroatoms. The number of nitrogen functional groups attached to an aromatic ring is 1. The molecular weight excluding hydrogens is 411 g/mol. The SMILES string of the molecule is COc1ccccc1-n1cc(C(=O)N[C@H](C)c2cc(N)cc(C(F)(F)F)c2)ccc1=O. The summed E-state index contributed by atoms with van der Waals surface area (Å²) in [6.45, 7) is 1.54. The molecule has 0 radical (unpaired) electrons. The van der Waals surface area contributed by atoms with Crippen LogP contribution in [0.15, 0.2) is 65.6 Å². The van der Waals surface area contributed by atoms with Crippen molar-refractivity contribution in [3.8, 4) is 11.4 Å². The minimum Gasteiger partial charge on any atom is -0.495 e. The van der Waals surface area contributed by atoms with Gasteiger partial charge in [-0.3, -0.25) is 14.2 Å². The van der Waals surface area contributed by atoms with E-state index in [9.17, 15) is 22.8 Å². The zero-order valence-electron chi connectivity index (χ0n) is 16.7. The molecule has 1 atom stereocenters. The van der Waals surface area contributed by atoms with Gasteiger partial charge >= 0.3 is 6.18 Å². The van der Waals surface area contributed by atoms with Crippen LogP contribution in [0.5, 0.6) is 5.75 Å². The molecule has 0 spiro atoms. The number of alkyl halides is 3. The second-order valence-electron chi connectivity index (χ2n) is 6.88. The molecule has 1 aromatic heterocycles. The van der Waals surface area contributed by atoms with Gasteiger partial charge in [-0.2, -0.15) is 13.2 Å². The average Bonchev–Trinajstić information content (AvgIpc) is 2.73. The monoisotopic (exact) mass is 431 g/mol. The van der Waals surface area contributed by atoms with Gasteiger partial charge in [0.15, 0.2) is 0 Å². The maximum Gasteiger partial charge on any atom is 0.416 e. The Kier molecular flexibility index (Phi) is 6.05. The molecule has 1 amide bonds. The van der Waals surface area contributed by atoms with Crippen molar-refractivity contribution in [1.82, 2.24) is 9.88 Å². The lowest BCUT2D eigenvalue weighted by Gasteiger charge is -2.18. The van der Waals surface area contributed by atoms with E-state index in [1.165, 1.54) is 36.1 Å². The van der Waals surface area contributed by atoms with Gasteiger partial charge in [-0.15, -0.1) is 0 Å². The fourth-order valence-electron chi connectivity index (χ4n) is 3.09. The Morgan fingerprint density at radius 2 is 1.84 bits per heavy atom. The minimum atomic E-state index is -4.56. The third kappa shape index (κ3) is 4.88. The van der Waals surface area contributed by atoms with Crippen LogP contribution in [0.2, 0.25) is 0 Å². The Bertz CT molecular complexity index is 1170. The van der Waals surface area contributed by atoms with Crippen molar-refractivity contribution in [2.45, 2.75) is 19.1 Å². The minimum absolute atomic E-state index is 0.0596. The van der Waals surface area contributed by atoms with E-state index < -0.39 is 23.7 Å². The quantitative estimate of drug-likeness (QED) is 0.600. The number of benzene rings is 2. The number of carbonyl (C=O) groups excluding carboxylic acids is 1. The summed E-state index contributed by atoms with van der Waals surface area (Å²) in [6, 6.07) is 11.8. The van der Waals surface area contributed by atoms with Gasteiger partial charge in [0.2, 0.25) is 0 Å². The van der Waals surface area contributed by atoms with Gasteiger partial charge in [0.05, 0.1) is 30.0 Å². The maximum atomic E-state index is 13.1. The number of nitrogens with zero attached hydrogens (tertiary/aromatic N) is 1. The first-order valence-electron chi connectivity index (χ1n) is 9.25. The first-order chi connectivity index (χ1) is 14.6. The van der Waals surface area contributed by atoms with Crippen molar-refractivity contribution in [2.75, 3.05) is 12.8 Å². The van der Waals surface area contributed by atoms with Crippen LogP contribution in [0.4, 0.5) is 18.9 Å². The summed E-state index contributed by atoms with van der Waals surface area (Å²) >= 11 is 0. The number of ether oxygens (including phenoxy) is 1. The van der Waals surface area contributed by atoms with Gasteiger partial charge < -0.3 is 15.8 Å². The second kappa shape index (κ2) is 8.55. The van der Waals surface area contributed by atoms with Gasteiger partial charge in [0.1, 0.15) is 5.75 Å². The maximum absolute atomic E-state index is 13.1. The summed E-state index contributed by atoms with van der Waals surface area (Å²) in [5.74, 6) is -0.123. The van der Waals surface area contributed by atoms with Crippen molar-refractivity contribution >= 4 is 11.6 Å². The first kappa shape index (κ1) is 21.9. The number of anilines is 1. The molecule has 1 heterocycles. The highest BCUT2D eigenvalue weighted by Crippen LogP contribution is 2.32. The molecule has 0 fully saturated rings. The van der Waals surface area contributed by atoms with Gasteiger partial charge in [-0.25, -0.2) is 0 Å². The highest BCUT2D eigenvalue weighted by molar-refractivity contribution is 5.94. The number of halogens is 3. The van der Waals surface area contributed by atoms with Crippen molar-refractivity contribution in [2.24, 2.45) is 0 Å². The van der Waals surface area contributed by atoms with Gasteiger partial charge in [0.25, 0.3) is 11.5 Å². The Balaban J connectivity index is 1.89. The Morgan fingerprint density at radius 1 is 1.13 bits per heavy atom. The summed E-state index contributed by atoms with van der Waals surface area (Å²) < 4.78 is 45.7. The lowest BCUT2D eigenvalue weighted by atomic mass is 10.0. The van der Waals surface area contributed by atoms with Gasteiger partial charge in [0, 0.05) is 18.0 Å². The predicted molar refractivity (Wildman–Crippen MR) is 110 cm³/mol.